The molecule has 0 heterocycles. The summed E-state index contributed by atoms with van der Waals surface area (Å²) in [5.74, 6) is -1.95. The number of ether oxygens (including phenoxy) is 2. The molecule has 0 fully saturated rings. The van der Waals surface area contributed by atoms with Crippen LogP contribution in [0.2, 0.25) is 0 Å². The van der Waals surface area contributed by atoms with Gasteiger partial charge in [-0.25, -0.2) is 17.2 Å². The Kier molecular flexibility index (Phi) is 7.62. The van der Waals surface area contributed by atoms with Crippen molar-refractivity contribution in [2.24, 2.45) is 0 Å². The molecule has 1 atom stereocenters. The molecule has 0 saturated heterocycles. The SMILES string of the molecule is COc1ccc(S(=O)(=O)N[C@H](Cc2ccccc2)C(=O)Nc2cc(F)ccc2F)cc1OC. The Morgan fingerprint density at radius 2 is 1.64 bits per heavy atom. The summed E-state index contributed by atoms with van der Waals surface area (Å²) in [4.78, 5) is 12.8. The van der Waals surface area contributed by atoms with Gasteiger partial charge in [0.05, 0.1) is 24.8 Å². The first-order valence-electron chi connectivity index (χ1n) is 9.77. The van der Waals surface area contributed by atoms with Gasteiger partial charge in [-0.15, -0.1) is 0 Å². The number of methoxy groups -OCH3 is 2. The second-order valence-corrected chi connectivity index (χ2v) is 8.71. The molecule has 0 spiro atoms. The summed E-state index contributed by atoms with van der Waals surface area (Å²) in [6.07, 6.45) is -0.0316. The van der Waals surface area contributed by atoms with E-state index in [0.717, 1.165) is 18.2 Å². The predicted octanol–water partition coefficient (Wildman–Crippen LogP) is 3.51. The number of carbonyl (C=O) groups excluding carboxylic acids is 1. The molecule has 0 aliphatic rings. The van der Waals surface area contributed by atoms with Crippen LogP contribution in [-0.4, -0.2) is 34.6 Å². The lowest BCUT2D eigenvalue weighted by atomic mass is 10.1. The monoisotopic (exact) mass is 476 g/mol. The molecular weight excluding hydrogens is 454 g/mol. The van der Waals surface area contributed by atoms with Gasteiger partial charge in [-0.1, -0.05) is 30.3 Å². The number of hydrogen-bond donors (Lipinski definition) is 2. The molecule has 0 aromatic heterocycles. The van der Waals surface area contributed by atoms with E-state index in [2.05, 4.69) is 10.0 Å². The molecule has 2 N–H and O–H groups in total. The fraction of sp³-hybridized carbons (Fsp3) is 0.174. The van der Waals surface area contributed by atoms with Crippen LogP contribution in [0.15, 0.2) is 71.6 Å². The van der Waals surface area contributed by atoms with E-state index >= 15 is 0 Å². The number of anilines is 1. The molecule has 3 aromatic carbocycles. The van der Waals surface area contributed by atoms with E-state index in [4.69, 9.17) is 9.47 Å². The molecule has 0 radical (unpaired) electrons. The zero-order valence-electron chi connectivity index (χ0n) is 17.8. The zero-order chi connectivity index (χ0) is 24.0. The summed E-state index contributed by atoms with van der Waals surface area (Å²) in [7, 11) is -1.43. The van der Waals surface area contributed by atoms with Crippen LogP contribution >= 0.6 is 0 Å². The van der Waals surface area contributed by atoms with Gasteiger partial charge in [-0.3, -0.25) is 4.79 Å². The molecule has 10 heteroatoms. The van der Waals surface area contributed by atoms with Crippen LogP contribution in [0.25, 0.3) is 0 Å². The molecule has 0 saturated carbocycles. The van der Waals surface area contributed by atoms with E-state index in [9.17, 15) is 22.0 Å². The first-order valence-corrected chi connectivity index (χ1v) is 11.3. The van der Waals surface area contributed by atoms with Crippen molar-refractivity contribution in [2.45, 2.75) is 17.4 Å². The molecule has 3 rings (SSSR count). The van der Waals surface area contributed by atoms with Gasteiger partial charge in [0, 0.05) is 12.1 Å². The van der Waals surface area contributed by atoms with Gasteiger partial charge < -0.3 is 14.8 Å². The average Bonchev–Trinajstić information content (AvgIpc) is 2.81. The van der Waals surface area contributed by atoms with Crippen LogP contribution in [0, 0.1) is 11.6 Å². The zero-order valence-corrected chi connectivity index (χ0v) is 18.7. The fourth-order valence-corrected chi connectivity index (χ4v) is 4.30. The molecule has 0 aliphatic carbocycles. The molecule has 0 aliphatic heterocycles. The molecular formula is C23H22F2N2O5S. The van der Waals surface area contributed by atoms with Crippen LogP contribution in [0.4, 0.5) is 14.5 Å². The second-order valence-electron chi connectivity index (χ2n) is 6.99. The number of amides is 1. The first kappa shape index (κ1) is 24.1. The van der Waals surface area contributed by atoms with E-state index in [1.807, 2.05) is 0 Å². The Labute approximate surface area is 190 Å². The van der Waals surface area contributed by atoms with E-state index in [1.54, 1.807) is 30.3 Å². The van der Waals surface area contributed by atoms with E-state index in [1.165, 1.54) is 32.4 Å². The van der Waals surface area contributed by atoms with Gasteiger partial charge in [0.15, 0.2) is 11.5 Å². The van der Waals surface area contributed by atoms with Crippen molar-refractivity contribution in [3.8, 4) is 11.5 Å². The van der Waals surface area contributed by atoms with Crippen molar-refractivity contribution in [3.05, 3.63) is 83.9 Å². The summed E-state index contributed by atoms with van der Waals surface area (Å²) in [6.45, 7) is 0. The Hall–Kier alpha value is -3.50. The molecule has 1 amide bonds. The Bertz CT molecular complexity index is 1240. The van der Waals surface area contributed by atoms with Crippen LogP contribution in [0.3, 0.4) is 0 Å². The van der Waals surface area contributed by atoms with Crippen molar-refractivity contribution in [1.82, 2.24) is 4.72 Å². The molecule has 174 valence electrons. The van der Waals surface area contributed by atoms with Crippen LogP contribution < -0.4 is 19.5 Å². The maximum Gasteiger partial charge on any atom is 0.242 e. The van der Waals surface area contributed by atoms with E-state index < -0.39 is 39.3 Å². The van der Waals surface area contributed by atoms with Crippen molar-refractivity contribution in [2.75, 3.05) is 19.5 Å². The molecule has 0 bridgehead atoms. The number of sulfonamides is 1. The quantitative estimate of drug-likeness (QED) is 0.493. The van der Waals surface area contributed by atoms with Gasteiger partial charge in [-0.05, 0) is 36.2 Å². The highest BCUT2D eigenvalue weighted by Crippen LogP contribution is 2.29. The largest absolute Gasteiger partial charge is 0.493 e. The van der Waals surface area contributed by atoms with Gasteiger partial charge in [0.2, 0.25) is 15.9 Å². The summed E-state index contributed by atoms with van der Waals surface area (Å²) < 4.78 is 66.3. The topological polar surface area (TPSA) is 93.7 Å². The second kappa shape index (κ2) is 10.4. The van der Waals surface area contributed by atoms with Crippen molar-refractivity contribution >= 4 is 21.6 Å². The lowest BCUT2D eigenvalue weighted by Crippen LogP contribution is -2.45. The highest BCUT2D eigenvalue weighted by atomic mass is 32.2. The first-order chi connectivity index (χ1) is 15.7. The maximum atomic E-state index is 14.0. The minimum Gasteiger partial charge on any atom is -0.493 e. The van der Waals surface area contributed by atoms with Crippen molar-refractivity contribution in [1.29, 1.82) is 0 Å². The highest BCUT2D eigenvalue weighted by molar-refractivity contribution is 7.89. The maximum absolute atomic E-state index is 14.0. The molecule has 0 unspecified atom stereocenters. The summed E-state index contributed by atoms with van der Waals surface area (Å²) in [5.41, 5.74) is 0.260. The van der Waals surface area contributed by atoms with E-state index in [0.29, 0.717) is 11.3 Å². The third-order valence-electron chi connectivity index (χ3n) is 4.75. The summed E-state index contributed by atoms with van der Waals surface area (Å²) in [5, 5.41) is 2.26. The third kappa shape index (κ3) is 6.05. The molecule has 33 heavy (non-hydrogen) atoms. The summed E-state index contributed by atoms with van der Waals surface area (Å²) in [6, 6.07) is 13.9. The van der Waals surface area contributed by atoms with Gasteiger partial charge in [0.25, 0.3) is 0 Å². The van der Waals surface area contributed by atoms with E-state index in [-0.39, 0.29) is 17.1 Å². The Morgan fingerprint density at radius 1 is 0.939 bits per heavy atom. The number of carbonyl (C=O) groups is 1. The fourth-order valence-electron chi connectivity index (χ4n) is 3.09. The number of rotatable bonds is 9. The molecule has 7 nitrogen and oxygen atoms in total. The number of halogens is 2. The van der Waals surface area contributed by atoms with Crippen LogP contribution in [0.5, 0.6) is 11.5 Å². The number of nitrogens with one attached hydrogen (secondary N) is 2. The normalized spacial score (nSPS) is 12.1. The Morgan fingerprint density at radius 3 is 2.30 bits per heavy atom. The number of hydrogen-bond acceptors (Lipinski definition) is 5. The lowest BCUT2D eigenvalue weighted by Gasteiger charge is -2.19. The van der Waals surface area contributed by atoms with Crippen molar-refractivity contribution in [3.63, 3.8) is 0 Å². The lowest BCUT2D eigenvalue weighted by molar-refractivity contribution is -0.117. The predicted molar refractivity (Wildman–Crippen MR) is 119 cm³/mol. The average molecular weight is 477 g/mol. The van der Waals surface area contributed by atoms with Crippen molar-refractivity contribution < 1.29 is 31.5 Å². The highest BCUT2D eigenvalue weighted by Gasteiger charge is 2.27. The third-order valence-corrected chi connectivity index (χ3v) is 6.22. The van der Waals surface area contributed by atoms with Gasteiger partial charge in [0.1, 0.15) is 17.7 Å². The standard InChI is InChI=1S/C23H22F2N2O5S/c1-31-21-11-9-17(14-22(21)32-2)33(29,30)27-20(12-15-6-4-3-5-7-15)23(28)26-19-13-16(24)8-10-18(19)25/h3-11,13-14,20,27H,12H2,1-2H3,(H,26,28)/t20-/m1/s1. The van der Waals surface area contributed by atoms with Gasteiger partial charge in [-0.2, -0.15) is 4.72 Å². The van der Waals surface area contributed by atoms with Crippen LogP contribution in [0.1, 0.15) is 5.56 Å². The smallest absolute Gasteiger partial charge is 0.242 e. The summed E-state index contributed by atoms with van der Waals surface area (Å²) >= 11 is 0. The Balaban J connectivity index is 1.92. The minimum atomic E-state index is -4.21. The minimum absolute atomic E-state index is 0.0316. The molecule has 3 aromatic rings. The van der Waals surface area contributed by atoms with Gasteiger partial charge >= 0.3 is 0 Å². The van der Waals surface area contributed by atoms with Crippen LogP contribution in [-0.2, 0) is 21.2 Å². The number of benzene rings is 3.